The fourth-order valence-electron chi connectivity index (χ4n) is 3.96. The molecule has 1 aromatic heterocycles. The maximum Gasteiger partial charge on any atom is 0.417 e. The SMILES string of the molecule is C=CCN1C(=O)/C(=C/c2ccccc2N2CCN(c3ccc(C(F)(F)F)cn3)CC2)C(=O)NC1=S. The minimum atomic E-state index is -4.42. The number of nitrogens with one attached hydrogen (secondary N) is 1. The van der Waals surface area contributed by atoms with Crippen LogP contribution in [0.5, 0.6) is 0 Å². The number of piperazine rings is 1. The highest BCUT2D eigenvalue weighted by Crippen LogP contribution is 2.30. The number of thiocarbonyl (C=S) groups is 1. The summed E-state index contributed by atoms with van der Waals surface area (Å²) in [5.74, 6) is -0.573. The van der Waals surface area contributed by atoms with Gasteiger partial charge < -0.3 is 9.80 Å². The van der Waals surface area contributed by atoms with Crippen molar-refractivity contribution in [3.63, 3.8) is 0 Å². The fraction of sp³-hybridized carbons (Fsp3) is 0.250. The molecule has 2 aromatic rings. The van der Waals surface area contributed by atoms with Gasteiger partial charge in [0.1, 0.15) is 11.4 Å². The van der Waals surface area contributed by atoms with E-state index in [1.807, 2.05) is 29.2 Å². The highest BCUT2D eigenvalue weighted by molar-refractivity contribution is 7.80. The molecule has 2 saturated heterocycles. The number of pyridine rings is 1. The van der Waals surface area contributed by atoms with Gasteiger partial charge in [0.2, 0.25) is 0 Å². The Kier molecular flexibility index (Phi) is 6.88. The highest BCUT2D eigenvalue weighted by Gasteiger charge is 2.33. The molecule has 11 heteroatoms. The Morgan fingerprint density at radius 1 is 1.06 bits per heavy atom. The highest BCUT2D eigenvalue weighted by atomic mass is 32.1. The molecular weight excluding hydrogens is 479 g/mol. The van der Waals surface area contributed by atoms with Crippen LogP contribution < -0.4 is 15.1 Å². The van der Waals surface area contributed by atoms with Crippen molar-refractivity contribution in [1.82, 2.24) is 15.2 Å². The zero-order valence-electron chi connectivity index (χ0n) is 18.6. The summed E-state index contributed by atoms with van der Waals surface area (Å²) in [5.41, 5.74) is 0.721. The van der Waals surface area contributed by atoms with E-state index in [2.05, 4.69) is 21.8 Å². The zero-order chi connectivity index (χ0) is 25.2. The smallest absolute Gasteiger partial charge is 0.367 e. The maximum absolute atomic E-state index is 12.9. The number of amides is 2. The second-order valence-electron chi connectivity index (χ2n) is 7.96. The monoisotopic (exact) mass is 501 g/mol. The molecule has 1 aromatic carbocycles. The first-order chi connectivity index (χ1) is 16.7. The lowest BCUT2D eigenvalue weighted by Gasteiger charge is -2.37. The van der Waals surface area contributed by atoms with Crippen LogP contribution in [-0.2, 0) is 15.8 Å². The minimum absolute atomic E-state index is 0.0273. The van der Waals surface area contributed by atoms with Gasteiger partial charge in [0.15, 0.2) is 5.11 Å². The quantitative estimate of drug-likeness (QED) is 0.294. The van der Waals surface area contributed by atoms with Crippen molar-refractivity contribution in [3.8, 4) is 0 Å². The molecule has 2 fully saturated rings. The van der Waals surface area contributed by atoms with Crippen molar-refractivity contribution in [2.45, 2.75) is 6.18 Å². The third-order valence-electron chi connectivity index (χ3n) is 5.75. The van der Waals surface area contributed by atoms with Gasteiger partial charge in [-0.3, -0.25) is 19.8 Å². The molecule has 1 N–H and O–H groups in total. The van der Waals surface area contributed by atoms with Crippen molar-refractivity contribution in [1.29, 1.82) is 0 Å². The van der Waals surface area contributed by atoms with Gasteiger partial charge in [0.25, 0.3) is 11.8 Å². The Balaban J connectivity index is 1.51. The lowest BCUT2D eigenvalue weighted by Crippen LogP contribution is -2.53. The van der Waals surface area contributed by atoms with E-state index in [0.717, 1.165) is 18.0 Å². The number of para-hydroxylation sites is 1. The standard InChI is InChI=1S/C24H22F3N5O2S/c1-2-9-32-22(34)18(21(33)29-23(32)35)14-16-5-3-4-6-19(16)30-10-12-31(13-11-30)20-8-7-17(15-28-20)24(25,26)27/h2-8,14-15H,1,9-13H2,(H,29,33,35)/b18-14+. The fourth-order valence-corrected chi connectivity index (χ4v) is 4.21. The van der Waals surface area contributed by atoms with Crippen LogP contribution in [0.15, 0.2) is 60.8 Å². The molecule has 4 rings (SSSR count). The average molecular weight is 502 g/mol. The van der Waals surface area contributed by atoms with E-state index in [1.165, 1.54) is 17.0 Å². The largest absolute Gasteiger partial charge is 0.417 e. The summed E-state index contributed by atoms with van der Waals surface area (Å²) in [7, 11) is 0. The molecule has 0 saturated carbocycles. The van der Waals surface area contributed by atoms with Crippen molar-refractivity contribution < 1.29 is 22.8 Å². The lowest BCUT2D eigenvalue weighted by molar-refractivity contribution is -0.138. The number of carbonyl (C=O) groups is 2. The molecule has 0 aliphatic carbocycles. The van der Waals surface area contributed by atoms with Gasteiger partial charge in [-0.05, 0) is 42.1 Å². The molecule has 35 heavy (non-hydrogen) atoms. The summed E-state index contributed by atoms with van der Waals surface area (Å²) in [5, 5.41) is 2.58. The maximum atomic E-state index is 12.9. The summed E-state index contributed by atoms with van der Waals surface area (Å²) in [6.07, 6.45) is -0.504. The van der Waals surface area contributed by atoms with E-state index < -0.39 is 23.6 Å². The summed E-state index contributed by atoms with van der Waals surface area (Å²) < 4.78 is 38.4. The summed E-state index contributed by atoms with van der Waals surface area (Å²) in [6.45, 7) is 6.05. The molecule has 2 aliphatic rings. The molecular formula is C24H22F3N5O2S. The van der Waals surface area contributed by atoms with Crippen LogP contribution >= 0.6 is 12.2 Å². The Hall–Kier alpha value is -3.73. The summed E-state index contributed by atoms with van der Waals surface area (Å²) >= 11 is 5.09. The molecule has 0 bridgehead atoms. The number of hydrogen-bond donors (Lipinski definition) is 1. The van der Waals surface area contributed by atoms with E-state index in [-0.39, 0.29) is 17.2 Å². The summed E-state index contributed by atoms with van der Waals surface area (Å²) in [4.78, 5) is 34.7. The first-order valence-corrected chi connectivity index (χ1v) is 11.2. The first kappa shape index (κ1) is 24.4. The van der Waals surface area contributed by atoms with Gasteiger partial charge in [0.05, 0.1) is 5.56 Å². The molecule has 0 spiro atoms. The Morgan fingerprint density at radius 2 is 1.74 bits per heavy atom. The van der Waals surface area contributed by atoms with Crippen LogP contribution in [0.2, 0.25) is 0 Å². The number of anilines is 2. The van der Waals surface area contributed by atoms with E-state index in [9.17, 15) is 22.8 Å². The van der Waals surface area contributed by atoms with Crippen molar-refractivity contribution >= 4 is 46.7 Å². The van der Waals surface area contributed by atoms with Crippen molar-refractivity contribution in [3.05, 3.63) is 72.0 Å². The third-order valence-corrected chi connectivity index (χ3v) is 6.08. The molecule has 2 amide bonds. The van der Waals surface area contributed by atoms with Crippen LogP contribution in [-0.4, -0.2) is 59.5 Å². The van der Waals surface area contributed by atoms with E-state index >= 15 is 0 Å². The second-order valence-corrected chi connectivity index (χ2v) is 8.34. The van der Waals surface area contributed by atoms with Gasteiger partial charge in [-0.15, -0.1) is 6.58 Å². The molecule has 0 unspecified atom stereocenters. The molecule has 2 aliphatic heterocycles. The second kappa shape index (κ2) is 9.87. The topological polar surface area (TPSA) is 68.8 Å². The molecule has 182 valence electrons. The number of carbonyl (C=O) groups excluding carboxylic acids is 2. The average Bonchev–Trinajstić information content (AvgIpc) is 2.84. The number of benzene rings is 1. The first-order valence-electron chi connectivity index (χ1n) is 10.8. The van der Waals surface area contributed by atoms with Crippen molar-refractivity contribution in [2.24, 2.45) is 0 Å². The van der Waals surface area contributed by atoms with Gasteiger partial charge in [-0.1, -0.05) is 24.3 Å². The number of rotatable bonds is 5. The predicted molar refractivity (Wildman–Crippen MR) is 131 cm³/mol. The lowest BCUT2D eigenvalue weighted by atomic mass is 10.0. The van der Waals surface area contributed by atoms with E-state index in [1.54, 1.807) is 6.08 Å². The molecule has 3 heterocycles. The number of hydrogen-bond acceptors (Lipinski definition) is 6. The zero-order valence-corrected chi connectivity index (χ0v) is 19.4. The van der Waals surface area contributed by atoms with Gasteiger partial charge in [0, 0.05) is 44.6 Å². The molecule has 0 atom stereocenters. The van der Waals surface area contributed by atoms with Crippen molar-refractivity contribution in [2.75, 3.05) is 42.5 Å². The Bertz CT molecular complexity index is 1190. The van der Waals surface area contributed by atoms with Gasteiger partial charge in [-0.25, -0.2) is 4.98 Å². The van der Waals surface area contributed by atoms with Crippen LogP contribution in [0.1, 0.15) is 11.1 Å². The van der Waals surface area contributed by atoms with Crippen LogP contribution in [0.25, 0.3) is 6.08 Å². The Morgan fingerprint density at radius 3 is 2.37 bits per heavy atom. The summed E-state index contributed by atoms with van der Waals surface area (Å²) in [6, 6.07) is 9.80. The number of nitrogens with zero attached hydrogens (tertiary/aromatic N) is 4. The van der Waals surface area contributed by atoms with Gasteiger partial charge >= 0.3 is 6.18 Å². The van der Waals surface area contributed by atoms with E-state index in [4.69, 9.17) is 12.2 Å². The normalized spacial score (nSPS) is 18.2. The number of aromatic nitrogens is 1. The number of alkyl halides is 3. The minimum Gasteiger partial charge on any atom is -0.367 e. The van der Waals surface area contributed by atoms with E-state index in [0.29, 0.717) is 37.6 Å². The third kappa shape index (κ3) is 5.19. The van der Waals surface area contributed by atoms with Gasteiger partial charge in [-0.2, -0.15) is 13.2 Å². The van der Waals surface area contributed by atoms with Crippen LogP contribution in [0, 0.1) is 0 Å². The number of halogens is 3. The van der Waals surface area contributed by atoms with Crippen LogP contribution in [0.4, 0.5) is 24.7 Å². The Labute approximate surface area is 205 Å². The molecule has 7 nitrogen and oxygen atoms in total. The van der Waals surface area contributed by atoms with Crippen LogP contribution in [0.3, 0.4) is 0 Å². The molecule has 0 radical (unpaired) electrons. The predicted octanol–water partition coefficient (Wildman–Crippen LogP) is 3.24.